The molecule has 1 aromatic rings. The largest absolute Gasteiger partial charge is 0.495 e. The van der Waals surface area contributed by atoms with Crippen LogP contribution in [0.4, 0.5) is 5.69 Å². The molecule has 1 saturated heterocycles. The number of nitrogens with zero attached hydrogens (tertiary/aromatic N) is 2. The molecular weight excluding hydrogens is 326 g/mol. The molecule has 0 aromatic heterocycles. The van der Waals surface area contributed by atoms with Crippen molar-refractivity contribution < 1.29 is 9.53 Å². The number of hydrogen-bond donors (Lipinski definition) is 1. The Morgan fingerprint density at radius 1 is 1.15 bits per heavy atom. The van der Waals surface area contributed by atoms with E-state index in [-0.39, 0.29) is 5.91 Å². The molecule has 5 nitrogen and oxygen atoms in total. The summed E-state index contributed by atoms with van der Waals surface area (Å²) in [5.41, 5.74) is 1.14. The highest BCUT2D eigenvalue weighted by Gasteiger charge is 2.29. The van der Waals surface area contributed by atoms with Gasteiger partial charge in [0.25, 0.3) is 0 Å². The van der Waals surface area contributed by atoms with E-state index >= 15 is 0 Å². The van der Waals surface area contributed by atoms with Gasteiger partial charge >= 0.3 is 0 Å². The molecular formula is C21H33N3O2. The van der Waals surface area contributed by atoms with E-state index in [4.69, 9.17) is 4.74 Å². The second-order valence-electron chi connectivity index (χ2n) is 7.88. The lowest BCUT2D eigenvalue weighted by atomic mass is 9.78. The van der Waals surface area contributed by atoms with Crippen LogP contribution in [-0.4, -0.2) is 56.7 Å². The molecule has 1 aliphatic carbocycles. The Hall–Kier alpha value is -1.75. The van der Waals surface area contributed by atoms with Crippen LogP contribution in [0.2, 0.25) is 0 Å². The lowest BCUT2D eigenvalue weighted by Gasteiger charge is -2.37. The van der Waals surface area contributed by atoms with Gasteiger partial charge in [0.1, 0.15) is 5.75 Å². The predicted molar refractivity (Wildman–Crippen MR) is 106 cm³/mol. The number of hydrogen-bond acceptors (Lipinski definition) is 4. The fourth-order valence-corrected chi connectivity index (χ4v) is 4.28. The number of methoxy groups -OCH3 is 1. The summed E-state index contributed by atoms with van der Waals surface area (Å²) in [7, 11) is 1.71. The minimum Gasteiger partial charge on any atom is -0.495 e. The molecule has 0 bridgehead atoms. The molecule has 1 amide bonds. The third-order valence-corrected chi connectivity index (χ3v) is 6.22. The number of carbonyl (C=O) groups is 1. The molecule has 1 N–H and O–H groups in total. The quantitative estimate of drug-likeness (QED) is 0.878. The summed E-state index contributed by atoms with van der Waals surface area (Å²) in [6.45, 7) is 8.75. The standard InChI is InChI=1S/C21H33N3O2/c1-16-7-6-8-18(17(16)2)22-21(25)15-23-11-13-24(14-12-23)19-9-4-5-10-20(19)26-3/h4-5,9-10,16-18H,6-8,11-15H2,1-3H3,(H,22,25). The minimum atomic E-state index is 0.182. The Balaban J connectivity index is 1.47. The van der Waals surface area contributed by atoms with Gasteiger partial charge in [0.15, 0.2) is 0 Å². The maximum Gasteiger partial charge on any atom is 0.234 e. The van der Waals surface area contributed by atoms with Gasteiger partial charge in [-0.3, -0.25) is 9.69 Å². The van der Waals surface area contributed by atoms with Crippen LogP contribution in [0.25, 0.3) is 0 Å². The van der Waals surface area contributed by atoms with Crippen molar-refractivity contribution in [3.05, 3.63) is 24.3 Å². The Bertz CT molecular complexity index is 599. The summed E-state index contributed by atoms with van der Waals surface area (Å²) in [4.78, 5) is 17.1. The van der Waals surface area contributed by atoms with E-state index in [1.165, 1.54) is 12.8 Å². The fourth-order valence-electron chi connectivity index (χ4n) is 4.28. The third kappa shape index (κ3) is 4.50. The van der Waals surface area contributed by atoms with E-state index in [9.17, 15) is 4.79 Å². The zero-order chi connectivity index (χ0) is 18.5. The van der Waals surface area contributed by atoms with Crippen LogP contribution in [0.5, 0.6) is 5.75 Å². The van der Waals surface area contributed by atoms with Crippen molar-refractivity contribution in [1.29, 1.82) is 0 Å². The number of ether oxygens (including phenoxy) is 1. The molecule has 3 atom stereocenters. The molecule has 2 fully saturated rings. The van der Waals surface area contributed by atoms with Gasteiger partial charge in [-0.05, 0) is 30.4 Å². The summed E-state index contributed by atoms with van der Waals surface area (Å²) in [5.74, 6) is 2.38. The van der Waals surface area contributed by atoms with E-state index < -0.39 is 0 Å². The Labute approximate surface area is 157 Å². The molecule has 1 heterocycles. The van der Waals surface area contributed by atoms with E-state index in [1.54, 1.807) is 7.11 Å². The molecule has 1 aromatic carbocycles. The van der Waals surface area contributed by atoms with Gasteiger partial charge in [-0.25, -0.2) is 0 Å². The van der Waals surface area contributed by atoms with E-state index in [0.29, 0.717) is 24.4 Å². The van der Waals surface area contributed by atoms with Crippen LogP contribution in [0.3, 0.4) is 0 Å². The van der Waals surface area contributed by atoms with Gasteiger partial charge in [0.05, 0.1) is 19.3 Å². The van der Waals surface area contributed by atoms with Crippen LogP contribution >= 0.6 is 0 Å². The third-order valence-electron chi connectivity index (χ3n) is 6.22. The van der Waals surface area contributed by atoms with Crippen LogP contribution < -0.4 is 15.0 Å². The number of nitrogens with one attached hydrogen (secondary N) is 1. The van der Waals surface area contributed by atoms with Crippen LogP contribution in [0, 0.1) is 11.8 Å². The number of anilines is 1. The molecule has 1 aliphatic heterocycles. The van der Waals surface area contributed by atoms with Crippen molar-refractivity contribution in [2.24, 2.45) is 11.8 Å². The maximum atomic E-state index is 12.5. The molecule has 3 rings (SSSR count). The highest BCUT2D eigenvalue weighted by Crippen LogP contribution is 2.30. The van der Waals surface area contributed by atoms with Gasteiger partial charge in [0, 0.05) is 32.2 Å². The van der Waals surface area contributed by atoms with Crippen molar-refractivity contribution in [3.8, 4) is 5.75 Å². The minimum absolute atomic E-state index is 0.182. The zero-order valence-electron chi connectivity index (χ0n) is 16.4. The first-order valence-electron chi connectivity index (χ1n) is 9.98. The number of piperazine rings is 1. The first-order chi connectivity index (χ1) is 12.6. The second kappa shape index (κ2) is 8.76. The smallest absolute Gasteiger partial charge is 0.234 e. The highest BCUT2D eigenvalue weighted by atomic mass is 16.5. The van der Waals surface area contributed by atoms with E-state index in [2.05, 4.69) is 35.0 Å². The first-order valence-corrected chi connectivity index (χ1v) is 9.98. The lowest BCUT2D eigenvalue weighted by Crippen LogP contribution is -2.52. The van der Waals surface area contributed by atoms with Crippen molar-refractivity contribution >= 4 is 11.6 Å². The second-order valence-corrected chi connectivity index (χ2v) is 7.88. The molecule has 5 heteroatoms. The lowest BCUT2D eigenvalue weighted by molar-refractivity contribution is -0.123. The number of benzene rings is 1. The first kappa shape index (κ1) is 19.0. The van der Waals surface area contributed by atoms with Crippen LogP contribution in [0.15, 0.2) is 24.3 Å². The summed E-state index contributed by atoms with van der Waals surface area (Å²) in [6.07, 6.45) is 3.64. The summed E-state index contributed by atoms with van der Waals surface area (Å²) < 4.78 is 5.47. The van der Waals surface area contributed by atoms with Crippen molar-refractivity contribution in [1.82, 2.24) is 10.2 Å². The molecule has 0 radical (unpaired) electrons. The van der Waals surface area contributed by atoms with Gasteiger partial charge in [-0.15, -0.1) is 0 Å². The van der Waals surface area contributed by atoms with E-state index in [0.717, 1.165) is 44.0 Å². The van der Waals surface area contributed by atoms with Crippen LogP contribution in [0.1, 0.15) is 33.1 Å². The number of para-hydroxylation sites is 2. The van der Waals surface area contributed by atoms with E-state index in [1.807, 2.05) is 18.2 Å². The summed E-state index contributed by atoms with van der Waals surface area (Å²) >= 11 is 0. The average molecular weight is 360 g/mol. The molecule has 3 unspecified atom stereocenters. The van der Waals surface area contributed by atoms with Crippen molar-refractivity contribution in [2.75, 3.05) is 44.7 Å². The monoisotopic (exact) mass is 359 g/mol. The van der Waals surface area contributed by atoms with Crippen molar-refractivity contribution in [2.45, 2.75) is 39.2 Å². The van der Waals surface area contributed by atoms with Gasteiger partial charge in [-0.2, -0.15) is 0 Å². The molecule has 26 heavy (non-hydrogen) atoms. The maximum absolute atomic E-state index is 12.5. The van der Waals surface area contributed by atoms with Gasteiger partial charge < -0.3 is 15.0 Å². The molecule has 1 saturated carbocycles. The number of carbonyl (C=O) groups excluding carboxylic acids is 1. The Kier molecular flexibility index (Phi) is 6.41. The number of rotatable bonds is 5. The highest BCUT2D eigenvalue weighted by molar-refractivity contribution is 5.78. The predicted octanol–water partition coefficient (Wildman–Crippen LogP) is 2.76. The SMILES string of the molecule is COc1ccccc1N1CCN(CC(=O)NC2CCCC(C)C2C)CC1. The molecule has 144 valence electrons. The molecule has 2 aliphatic rings. The Morgan fingerprint density at radius 2 is 1.88 bits per heavy atom. The average Bonchev–Trinajstić information content (AvgIpc) is 2.66. The van der Waals surface area contributed by atoms with Crippen LogP contribution in [-0.2, 0) is 4.79 Å². The van der Waals surface area contributed by atoms with Gasteiger partial charge in [0.2, 0.25) is 5.91 Å². The van der Waals surface area contributed by atoms with Crippen molar-refractivity contribution in [3.63, 3.8) is 0 Å². The normalized spacial score (nSPS) is 27.2. The summed E-state index contributed by atoms with van der Waals surface area (Å²) in [6, 6.07) is 8.50. The Morgan fingerprint density at radius 3 is 2.62 bits per heavy atom. The van der Waals surface area contributed by atoms with Gasteiger partial charge in [-0.1, -0.05) is 38.8 Å². The zero-order valence-corrected chi connectivity index (χ0v) is 16.4. The topological polar surface area (TPSA) is 44.8 Å². The molecule has 0 spiro atoms. The number of amides is 1. The summed E-state index contributed by atoms with van der Waals surface area (Å²) in [5, 5.41) is 3.29. The fraction of sp³-hybridized carbons (Fsp3) is 0.667.